The maximum Gasteiger partial charge on any atom is 0.331 e. The van der Waals surface area contributed by atoms with E-state index in [0.29, 0.717) is 0 Å². The Morgan fingerprint density at radius 3 is 2.92 bits per heavy atom. The largest absolute Gasteiger partial charge is 0.331 e. The molecule has 0 fully saturated rings. The van der Waals surface area contributed by atoms with E-state index >= 15 is 0 Å². The Balaban J connectivity index is 1.90. The lowest BCUT2D eigenvalue weighted by atomic mass is 9.95. The highest BCUT2D eigenvalue weighted by atomic mass is 32.1. The van der Waals surface area contributed by atoms with E-state index < -0.39 is 5.97 Å². The fourth-order valence-corrected chi connectivity index (χ4v) is 4.80. The van der Waals surface area contributed by atoms with Crippen molar-refractivity contribution in [2.45, 2.75) is 58.4 Å². The van der Waals surface area contributed by atoms with E-state index in [1.165, 1.54) is 18.3 Å². The van der Waals surface area contributed by atoms with Gasteiger partial charge in [-0.05, 0) is 37.7 Å². The van der Waals surface area contributed by atoms with E-state index in [9.17, 15) is 9.59 Å². The highest BCUT2D eigenvalue weighted by molar-refractivity contribution is 7.20. The van der Waals surface area contributed by atoms with Gasteiger partial charge in [0.15, 0.2) is 0 Å². The van der Waals surface area contributed by atoms with Gasteiger partial charge < -0.3 is 4.84 Å². The van der Waals surface area contributed by atoms with Crippen molar-refractivity contribution in [2.24, 2.45) is 5.16 Å². The van der Waals surface area contributed by atoms with Crippen molar-refractivity contribution in [3.8, 4) is 0 Å². The zero-order valence-corrected chi connectivity index (χ0v) is 14.4. The van der Waals surface area contributed by atoms with Gasteiger partial charge in [0.25, 0.3) is 5.56 Å². The number of carbonyl (C=O) groups is 1. The number of fused-ring (bicyclic) bond motifs is 4. The van der Waals surface area contributed by atoms with Gasteiger partial charge >= 0.3 is 5.97 Å². The summed E-state index contributed by atoms with van der Waals surface area (Å²) in [6, 6.07) is 0. The average Bonchev–Trinajstić information content (AvgIpc) is 2.76. The molecule has 0 bridgehead atoms. The molecule has 2 aromatic rings. The fourth-order valence-electron chi connectivity index (χ4n) is 3.56. The van der Waals surface area contributed by atoms with Gasteiger partial charge in [-0.25, -0.2) is 9.78 Å². The van der Waals surface area contributed by atoms with Crippen molar-refractivity contribution in [3.63, 3.8) is 0 Å². The molecule has 0 N–H and O–H groups in total. The third-order valence-electron chi connectivity index (χ3n) is 4.66. The minimum absolute atomic E-state index is 0.0862. The highest BCUT2D eigenvalue weighted by Gasteiger charge is 2.26. The molecule has 0 amide bonds. The summed E-state index contributed by atoms with van der Waals surface area (Å²) >= 11 is 1.51. The molecule has 0 spiro atoms. The molecule has 6 nitrogen and oxygen atoms in total. The van der Waals surface area contributed by atoms with Gasteiger partial charge in [-0.15, -0.1) is 11.3 Å². The van der Waals surface area contributed by atoms with Crippen LogP contribution < -0.4 is 5.56 Å². The number of aryl methyl sites for hydroxylation is 2. The summed E-state index contributed by atoms with van der Waals surface area (Å²) in [4.78, 5) is 35.5. The molecule has 0 radical (unpaired) electrons. The van der Waals surface area contributed by atoms with Gasteiger partial charge in [0, 0.05) is 19.9 Å². The maximum absolute atomic E-state index is 13.0. The lowest BCUT2D eigenvalue weighted by molar-refractivity contribution is -0.140. The van der Waals surface area contributed by atoms with Crippen molar-refractivity contribution in [2.75, 3.05) is 0 Å². The van der Waals surface area contributed by atoms with Crippen LogP contribution >= 0.6 is 11.3 Å². The number of hydrogen-bond donors (Lipinski definition) is 0. The highest BCUT2D eigenvalue weighted by Crippen LogP contribution is 2.34. The quantitative estimate of drug-likeness (QED) is 0.588. The zero-order valence-electron chi connectivity index (χ0n) is 13.6. The van der Waals surface area contributed by atoms with Gasteiger partial charge in [0.2, 0.25) is 0 Å². The normalized spacial score (nSPS) is 19.0. The SMILES string of the molecule is CC(=O)ON=C1CCCc2c1sc1nc3n(c(=O)c21)CCCCC3. The first-order chi connectivity index (χ1) is 11.6. The fraction of sp³-hybridized carbons (Fsp3) is 0.529. The van der Waals surface area contributed by atoms with Crippen molar-refractivity contribution < 1.29 is 9.63 Å². The second-order valence-electron chi connectivity index (χ2n) is 6.36. The molecule has 7 heteroatoms. The number of thiophene rings is 1. The number of aromatic nitrogens is 2. The number of nitrogens with zero attached hydrogens (tertiary/aromatic N) is 3. The van der Waals surface area contributed by atoms with Gasteiger partial charge in [-0.2, -0.15) is 0 Å². The van der Waals surface area contributed by atoms with Crippen molar-refractivity contribution >= 4 is 33.2 Å². The number of hydrogen-bond acceptors (Lipinski definition) is 6. The second kappa shape index (κ2) is 6.12. The Morgan fingerprint density at radius 1 is 1.21 bits per heavy atom. The summed E-state index contributed by atoms with van der Waals surface area (Å²) in [6.07, 6.45) is 6.64. The lowest BCUT2D eigenvalue weighted by Gasteiger charge is -2.13. The van der Waals surface area contributed by atoms with E-state index in [1.54, 1.807) is 0 Å². The number of carbonyl (C=O) groups excluding carboxylic acids is 1. The Hall–Kier alpha value is -2.02. The van der Waals surface area contributed by atoms with E-state index in [0.717, 1.165) is 83.7 Å². The van der Waals surface area contributed by atoms with E-state index in [4.69, 9.17) is 9.82 Å². The van der Waals surface area contributed by atoms with Crippen LogP contribution in [0.2, 0.25) is 0 Å². The van der Waals surface area contributed by atoms with Crippen LogP contribution in [0.3, 0.4) is 0 Å². The predicted molar refractivity (Wildman–Crippen MR) is 92.7 cm³/mol. The monoisotopic (exact) mass is 345 g/mol. The summed E-state index contributed by atoms with van der Waals surface area (Å²) < 4.78 is 1.86. The smallest absolute Gasteiger partial charge is 0.318 e. The molecule has 126 valence electrons. The third-order valence-corrected chi connectivity index (χ3v) is 5.83. The van der Waals surface area contributed by atoms with E-state index in [-0.39, 0.29) is 5.56 Å². The van der Waals surface area contributed by atoms with Crippen molar-refractivity contribution in [1.82, 2.24) is 9.55 Å². The first-order valence-electron chi connectivity index (χ1n) is 8.45. The van der Waals surface area contributed by atoms with E-state index in [2.05, 4.69) is 5.16 Å². The molecule has 3 heterocycles. The van der Waals surface area contributed by atoms with Crippen LogP contribution in [0.25, 0.3) is 10.2 Å². The molecular formula is C17H19N3O3S. The molecule has 2 aliphatic rings. The molecule has 1 aliphatic heterocycles. The Bertz CT molecular complexity index is 910. The molecule has 4 rings (SSSR count). The molecular weight excluding hydrogens is 326 g/mol. The van der Waals surface area contributed by atoms with Crippen LogP contribution in [0, 0.1) is 0 Å². The molecule has 0 atom stereocenters. The summed E-state index contributed by atoms with van der Waals surface area (Å²) in [5, 5.41) is 4.75. The molecule has 24 heavy (non-hydrogen) atoms. The summed E-state index contributed by atoms with van der Waals surface area (Å²) in [5.74, 6) is 0.475. The topological polar surface area (TPSA) is 73.5 Å². The summed E-state index contributed by atoms with van der Waals surface area (Å²) in [6.45, 7) is 2.10. The number of oxime groups is 1. The van der Waals surface area contributed by atoms with Crippen LogP contribution in [0.1, 0.15) is 55.3 Å². The lowest BCUT2D eigenvalue weighted by Crippen LogP contribution is -2.25. The van der Waals surface area contributed by atoms with Crippen LogP contribution in [0.4, 0.5) is 0 Å². The number of rotatable bonds is 1. The third kappa shape index (κ3) is 2.56. The molecule has 0 aromatic carbocycles. The minimum atomic E-state index is -0.430. The van der Waals surface area contributed by atoms with Crippen molar-refractivity contribution in [1.29, 1.82) is 0 Å². The van der Waals surface area contributed by atoms with Crippen LogP contribution in [0.5, 0.6) is 0 Å². The van der Waals surface area contributed by atoms with E-state index in [1.807, 2.05) is 4.57 Å². The first kappa shape index (κ1) is 15.5. The van der Waals surface area contributed by atoms with Gasteiger partial charge in [-0.3, -0.25) is 9.36 Å². The molecule has 1 aliphatic carbocycles. The van der Waals surface area contributed by atoms with Crippen molar-refractivity contribution in [3.05, 3.63) is 26.6 Å². The van der Waals surface area contributed by atoms with Crippen LogP contribution in [-0.2, 0) is 29.0 Å². The van der Waals surface area contributed by atoms with Gasteiger partial charge in [-0.1, -0.05) is 11.6 Å². The Morgan fingerprint density at radius 2 is 2.08 bits per heavy atom. The average molecular weight is 345 g/mol. The standard InChI is InChI=1S/C17H19N3O3S/c1-10(21)23-19-12-7-5-6-11-14-16(24-15(11)12)18-13-8-3-2-4-9-20(13)17(14)22/h2-9H2,1H3. The maximum atomic E-state index is 13.0. The molecule has 2 aromatic heterocycles. The second-order valence-corrected chi connectivity index (χ2v) is 7.36. The Labute approximate surface area is 143 Å². The Kier molecular flexibility index (Phi) is 3.96. The first-order valence-corrected chi connectivity index (χ1v) is 9.26. The van der Waals surface area contributed by atoms with Gasteiger partial charge in [0.1, 0.15) is 10.7 Å². The molecule has 0 saturated heterocycles. The summed E-state index contributed by atoms with van der Waals surface area (Å²) in [5.41, 5.74) is 1.88. The van der Waals surface area contributed by atoms with Crippen LogP contribution in [-0.4, -0.2) is 21.2 Å². The molecule has 0 saturated carbocycles. The minimum Gasteiger partial charge on any atom is -0.318 e. The zero-order chi connectivity index (χ0) is 16.7. The molecule has 0 unspecified atom stereocenters. The van der Waals surface area contributed by atoms with Crippen LogP contribution in [0.15, 0.2) is 9.95 Å². The predicted octanol–water partition coefficient (Wildman–Crippen LogP) is 2.79. The van der Waals surface area contributed by atoms with Gasteiger partial charge in [0.05, 0.1) is 16.0 Å². The summed E-state index contributed by atoms with van der Waals surface area (Å²) in [7, 11) is 0.